The molecule has 39 heavy (non-hydrogen) atoms. The molecule has 0 spiro atoms. The van der Waals surface area contributed by atoms with Gasteiger partial charge in [-0.1, -0.05) is 84.9 Å². The van der Waals surface area contributed by atoms with Crippen LogP contribution in [-0.2, 0) is 19.1 Å². The molecule has 2 heterocycles. The Kier molecular flexibility index (Phi) is 5.34. The minimum atomic E-state index is -0.531. The molecule has 7 rings (SSSR count). The summed E-state index contributed by atoms with van der Waals surface area (Å²) in [6, 6.07) is 41.5. The first kappa shape index (κ1) is 22.8. The van der Waals surface area contributed by atoms with E-state index in [1.54, 1.807) is 12.1 Å². The number of ether oxygens (including phenoxy) is 2. The third-order valence-electron chi connectivity index (χ3n) is 6.92. The van der Waals surface area contributed by atoms with Crippen LogP contribution in [0, 0.1) is 0 Å². The fourth-order valence-corrected chi connectivity index (χ4v) is 5.13. The highest BCUT2D eigenvalue weighted by Gasteiger charge is 2.43. The van der Waals surface area contributed by atoms with Gasteiger partial charge in [0.25, 0.3) is 0 Å². The molecule has 0 aromatic heterocycles. The molecule has 5 aromatic carbocycles. The van der Waals surface area contributed by atoms with E-state index >= 15 is 0 Å². The van der Waals surface area contributed by atoms with Crippen LogP contribution in [0.5, 0.6) is 0 Å². The number of hydrogen-bond donors (Lipinski definition) is 0. The largest absolute Gasteiger partial charge is 0.418 e. The zero-order chi connectivity index (χ0) is 26.3. The van der Waals surface area contributed by atoms with E-state index in [-0.39, 0.29) is 22.7 Å². The molecule has 0 saturated carbocycles. The molecule has 0 radical (unpaired) electrons. The summed E-state index contributed by atoms with van der Waals surface area (Å²) in [4.78, 5) is 27.9. The Hall–Kier alpha value is -5.42. The molecular weight excluding hydrogens is 486 g/mol. The molecule has 0 fully saturated rings. The molecule has 2 aliphatic rings. The van der Waals surface area contributed by atoms with Gasteiger partial charge in [-0.2, -0.15) is 0 Å². The van der Waals surface area contributed by atoms with Crippen LogP contribution in [0.4, 0.5) is 17.1 Å². The fourth-order valence-electron chi connectivity index (χ4n) is 5.13. The molecule has 5 nitrogen and oxygen atoms in total. The van der Waals surface area contributed by atoms with Gasteiger partial charge in [0.15, 0.2) is 11.5 Å². The van der Waals surface area contributed by atoms with Crippen molar-refractivity contribution in [2.45, 2.75) is 0 Å². The predicted octanol–water partition coefficient (Wildman–Crippen LogP) is 7.55. The van der Waals surface area contributed by atoms with Gasteiger partial charge in [0.1, 0.15) is 11.1 Å². The van der Waals surface area contributed by atoms with Gasteiger partial charge in [0.05, 0.1) is 0 Å². The number of fused-ring (bicyclic) bond motifs is 2. The van der Waals surface area contributed by atoms with Crippen molar-refractivity contribution >= 4 is 50.9 Å². The summed E-state index contributed by atoms with van der Waals surface area (Å²) < 4.78 is 11.1. The number of para-hydroxylation sites is 2. The molecule has 5 heteroatoms. The van der Waals surface area contributed by atoms with E-state index in [4.69, 9.17) is 9.47 Å². The predicted molar refractivity (Wildman–Crippen MR) is 151 cm³/mol. The first-order chi connectivity index (χ1) is 19.2. The van der Waals surface area contributed by atoms with E-state index in [9.17, 15) is 9.59 Å². The molecule has 0 unspecified atom stereocenters. The van der Waals surface area contributed by atoms with Crippen molar-refractivity contribution in [1.82, 2.24) is 0 Å². The third-order valence-corrected chi connectivity index (χ3v) is 6.92. The SMILES string of the molecule is O=C1OC2=C(c3ccc4cc(N(c5ccccc5)c5ccccc5)ccc4c3)C(=O)OC2=C1c1ccccc1. The average Bonchev–Trinajstić information content (AvgIpc) is 3.46. The molecule has 2 aliphatic heterocycles. The van der Waals surface area contributed by atoms with Gasteiger partial charge in [-0.15, -0.1) is 0 Å². The van der Waals surface area contributed by atoms with Gasteiger partial charge in [-0.05, 0) is 64.4 Å². The minimum absolute atomic E-state index is 0.180. The van der Waals surface area contributed by atoms with Gasteiger partial charge in [0, 0.05) is 17.1 Å². The molecule has 0 atom stereocenters. The van der Waals surface area contributed by atoms with E-state index < -0.39 is 11.9 Å². The quantitative estimate of drug-likeness (QED) is 0.230. The molecular formula is C34H21NO4. The van der Waals surface area contributed by atoms with E-state index in [0.717, 1.165) is 27.8 Å². The standard InChI is InChI=1S/C34H21NO4/c36-33-29(22-10-4-1-5-11-22)31-32(39-33)30(34(37)38-31)25-17-16-24-21-28(19-18-23(24)20-25)35(26-12-6-2-7-13-26)27-14-8-3-9-15-27/h1-21H. The van der Waals surface area contributed by atoms with Crippen molar-refractivity contribution in [3.8, 4) is 0 Å². The number of esters is 2. The molecule has 0 aliphatic carbocycles. The maximum Gasteiger partial charge on any atom is 0.348 e. The third kappa shape index (κ3) is 3.88. The van der Waals surface area contributed by atoms with Crippen molar-refractivity contribution in [2.75, 3.05) is 4.90 Å². The number of benzene rings is 5. The lowest BCUT2D eigenvalue weighted by atomic mass is 9.99. The van der Waals surface area contributed by atoms with Gasteiger partial charge in [-0.3, -0.25) is 0 Å². The number of carbonyl (C=O) groups is 2. The van der Waals surface area contributed by atoms with Crippen LogP contribution in [0.15, 0.2) is 139 Å². The highest BCUT2D eigenvalue weighted by atomic mass is 16.6. The van der Waals surface area contributed by atoms with Gasteiger partial charge in [0.2, 0.25) is 0 Å². The summed E-state index contributed by atoms with van der Waals surface area (Å²) in [5, 5.41) is 1.96. The fraction of sp³-hybridized carbons (Fsp3) is 0. The molecule has 0 amide bonds. The molecule has 0 saturated heterocycles. The Balaban J connectivity index is 1.30. The molecule has 0 N–H and O–H groups in total. The Labute approximate surface area is 224 Å². The first-order valence-corrected chi connectivity index (χ1v) is 12.6. The van der Waals surface area contributed by atoms with Crippen LogP contribution in [0.3, 0.4) is 0 Å². The lowest BCUT2D eigenvalue weighted by Crippen LogP contribution is -2.09. The Morgan fingerprint density at radius 2 is 0.923 bits per heavy atom. The van der Waals surface area contributed by atoms with Crippen molar-refractivity contribution in [3.05, 3.63) is 150 Å². The van der Waals surface area contributed by atoms with Gasteiger partial charge in [-0.25, -0.2) is 9.59 Å². The Morgan fingerprint density at radius 3 is 1.51 bits per heavy atom. The second kappa shape index (κ2) is 9.15. The molecule has 0 bridgehead atoms. The van der Waals surface area contributed by atoms with Crippen LogP contribution < -0.4 is 4.90 Å². The van der Waals surface area contributed by atoms with E-state index in [0.29, 0.717) is 11.1 Å². The summed E-state index contributed by atoms with van der Waals surface area (Å²) in [7, 11) is 0. The van der Waals surface area contributed by atoms with Gasteiger partial charge < -0.3 is 14.4 Å². The maximum atomic E-state index is 13.0. The monoisotopic (exact) mass is 507 g/mol. The summed E-state index contributed by atoms with van der Waals surface area (Å²) >= 11 is 0. The summed E-state index contributed by atoms with van der Waals surface area (Å²) in [6.45, 7) is 0. The van der Waals surface area contributed by atoms with Crippen molar-refractivity contribution in [1.29, 1.82) is 0 Å². The zero-order valence-electron chi connectivity index (χ0n) is 20.7. The topological polar surface area (TPSA) is 55.8 Å². The highest BCUT2D eigenvalue weighted by molar-refractivity contribution is 6.29. The van der Waals surface area contributed by atoms with Crippen molar-refractivity contribution in [2.24, 2.45) is 0 Å². The molecule has 186 valence electrons. The molecule has 5 aromatic rings. The summed E-state index contributed by atoms with van der Waals surface area (Å²) in [5.74, 6) is -0.693. The summed E-state index contributed by atoms with van der Waals surface area (Å²) in [6.07, 6.45) is 0. The van der Waals surface area contributed by atoms with E-state index in [1.807, 2.05) is 78.9 Å². The summed E-state index contributed by atoms with van der Waals surface area (Å²) in [5.41, 5.74) is 4.92. The second-order valence-electron chi connectivity index (χ2n) is 9.31. The lowest BCUT2D eigenvalue weighted by Gasteiger charge is -2.25. The normalized spacial score (nSPS) is 14.5. The van der Waals surface area contributed by atoms with Crippen LogP contribution in [0.2, 0.25) is 0 Å². The van der Waals surface area contributed by atoms with Gasteiger partial charge >= 0.3 is 11.9 Å². The average molecular weight is 508 g/mol. The lowest BCUT2D eigenvalue weighted by molar-refractivity contribution is -0.131. The smallest absolute Gasteiger partial charge is 0.348 e. The maximum absolute atomic E-state index is 13.0. The minimum Gasteiger partial charge on any atom is -0.418 e. The van der Waals surface area contributed by atoms with Crippen LogP contribution in [0.25, 0.3) is 21.9 Å². The highest BCUT2D eigenvalue weighted by Crippen LogP contribution is 2.44. The Bertz CT molecular complexity index is 1780. The van der Waals surface area contributed by atoms with Crippen LogP contribution in [0.1, 0.15) is 11.1 Å². The number of anilines is 3. The second-order valence-corrected chi connectivity index (χ2v) is 9.31. The Morgan fingerprint density at radius 1 is 0.436 bits per heavy atom. The van der Waals surface area contributed by atoms with E-state index in [1.165, 1.54) is 0 Å². The zero-order valence-corrected chi connectivity index (χ0v) is 20.7. The number of carbonyl (C=O) groups excluding carboxylic acids is 2. The van der Waals surface area contributed by atoms with Crippen molar-refractivity contribution < 1.29 is 19.1 Å². The van der Waals surface area contributed by atoms with Crippen molar-refractivity contribution in [3.63, 3.8) is 0 Å². The van der Waals surface area contributed by atoms with E-state index in [2.05, 4.69) is 41.3 Å². The number of nitrogens with zero attached hydrogens (tertiary/aromatic N) is 1. The first-order valence-electron chi connectivity index (χ1n) is 12.6. The number of hydrogen-bond acceptors (Lipinski definition) is 5. The van der Waals surface area contributed by atoms with Crippen LogP contribution in [-0.4, -0.2) is 11.9 Å². The van der Waals surface area contributed by atoms with Crippen LogP contribution >= 0.6 is 0 Å². The number of rotatable bonds is 5.